The number of furan rings is 1. The Hall–Kier alpha value is -5.84. The highest BCUT2D eigenvalue weighted by Gasteiger charge is 2.41. The predicted octanol–water partition coefficient (Wildman–Crippen LogP) is 9.90. The van der Waals surface area contributed by atoms with E-state index in [0.717, 1.165) is 49.7 Å². The highest BCUT2D eigenvalue weighted by molar-refractivity contribution is 9.10. The quantitative estimate of drug-likeness (QED) is 0.130. The second-order valence-corrected chi connectivity index (χ2v) is 13.8. The first-order valence-electron chi connectivity index (χ1n) is 17.2. The number of rotatable bonds is 11. The number of benzene rings is 5. The number of nitrogens with zero attached hydrogens (tertiary/aromatic N) is 6. The molecule has 8 aromatic rings. The molecule has 0 aliphatic carbocycles. The van der Waals surface area contributed by atoms with Crippen LogP contribution >= 0.6 is 27.5 Å². The van der Waals surface area contributed by atoms with E-state index in [4.69, 9.17) is 26.3 Å². The number of carbonyl (C=O) groups is 1. The van der Waals surface area contributed by atoms with E-state index in [-0.39, 0.29) is 17.4 Å². The molecule has 0 amide bonds. The molecule has 0 spiro atoms. The first-order valence-corrected chi connectivity index (χ1v) is 18.3. The molecule has 0 radical (unpaired) electrons. The molecule has 0 unspecified atom stereocenters. The van der Waals surface area contributed by atoms with Crippen LogP contribution in [0.1, 0.15) is 51.9 Å². The van der Waals surface area contributed by atoms with Crippen molar-refractivity contribution in [1.29, 1.82) is 0 Å². The van der Waals surface area contributed by atoms with Crippen LogP contribution in [0.3, 0.4) is 0 Å². The Morgan fingerprint density at radius 3 is 2.00 bits per heavy atom. The number of aryl methyl sites for hydroxylation is 1. The van der Waals surface area contributed by atoms with Gasteiger partial charge in [-0.3, -0.25) is 0 Å². The van der Waals surface area contributed by atoms with Gasteiger partial charge in [0.25, 0.3) is 0 Å². The van der Waals surface area contributed by atoms with Crippen LogP contribution in [0.25, 0.3) is 33.7 Å². The van der Waals surface area contributed by atoms with Gasteiger partial charge >= 0.3 is 5.97 Å². The Morgan fingerprint density at radius 2 is 1.42 bits per heavy atom. The summed E-state index contributed by atoms with van der Waals surface area (Å²) in [5.74, 6) is 0.552. The molecule has 11 heteroatoms. The summed E-state index contributed by atoms with van der Waals surface area (Å²) in [6, 6.07) is 44.3. The molecule has 0 bridgehead atoms. The maximum Gasteiger partial charge on any atom is 0.355 e. The molecular weight excluding hydrogens is 752 g/mol. The van der Waals surface area contributed by atoms with Gasteiger partial charge in [0.1, 0.15) is 17.2 Å². The molecule has 1 N–H and O–H groups in total. The number of fused-ring (bicyclic) bond motifs is 1. The monoisotopic (exact) mass is 782 g/mol. The Labute approximate surface area is 318 Å². The number of aromatic carboxylic acids is 1. The molecule has 0 aliphatic heterocycles. The molecular formula is C42H32BrClN6O3. The average molecular weight is 784 g/mol. The van der Waals surface area contributed by atoms with Crippen molar-refractivity contribution in [3.8, 4) is 22.7 Å². The van der Waals surface area contributed by atoms with E-state index in [1.165, 1.54) is 0 Å². The lowest BCUT2D eigenvalue weighted by atomic mass is 9.77. The third kappa shape index (κ3) is 6.03. The molecule has 0 atom stereocenters. The van der Waals surface area contributed by atoms with Crippen molar-refractivity contribution >= 4 is 44.5 Å². The van der Waals surface area contributed by atoms with Gasteiger partial charge in [0.15, 0.2) is 16.4 Å². The second-order valence-electron chi connectivity index (χ2n) is 12.6. The lowest BCUT2D eigenvalue weighted by Crippen LogP contribution is -2.39. The molecule has 3 heterocycles. The molecule has 53 heavy (non-hydrogen) atoms. The van der Waals surface area contributed by atoms with E-state index >= 15 is 0 Å². The fraction of sp³-hybridized carbons (Fsp3) is 0.119. The molecule has 262 valence electrons. The van der Waals surface area contributed by atoms with Gasteiger partial charge in [-0.05, 0) is 62.0 Å². The van der Waals surface area contributed by atoms with Gasteiger partial charge in [0, 0.05) is 29.5 Å². The summed E-state index contributed by atoms with van der Waals surface area (Å²) in [6.45, 7) is 2.30. The molecule has 3 aromatic heterocycles. The Balaban J connectivity index is 1.23. The third-order valence-corrected chi connectivity index (χ3v) is 10.5. The number of carboxylic acids is 1. The molecule has 0 fully saturated rings. The Bertz CT molecular complexity index is 2470. The first-order chi connectivity index (χ1) is 25.9. The number of aromatic nitrogens is 6. The van der Waals surface area contributed by atoms with Gasteiger partial charge in [-0.15, -0.1) is 15.0 Å². The van der Waals surface area contributed by atoms with Gasteiger partial charge in [-0.25, -0.2) is 9.78 Å². The molecule has 9 nitrogen and oxygen atoms in total. The number of carboxylic acid groups (broad SMARTS) is 1. The van der Waals surface area contributed by atoms with Crippen molar-refractivity contribution < 1.29 is 14.3 Å². The molecule has 0 saturated heterocycles. The van der Waals surface area contributed by atoms with Crippen LogP contribution in [0, 0.1) is 0 Å². The summed E-state index contributed by atoms with van der Waals surface area (Å²) < 4.78 is 8.92. The fourth-order valence-corrected chi connectivity index (χ4v) is 7.93. The minimum atomic E-state index is -1.12. The third-order valence-electron chi connectivity index (χ3n) is 9.41. The van der Waals surface area contributed by atoms with Crippen molar-refractivity contribution in [2.24, 2.45) is 0 Å². The van der Waals surface area contributed by atoms with Crippen molar-refractivity contribution in [3.63, 3.8) is 0 Å². The van der Waals surface area contributed by atoms with Gasteiger partial charge in [-0.1, -0.05) is 140 Å². The topological polar surface area (TPSA) is 112 Å². The summed E-state index contributed by atoms with van der Waals surface area (Å²) in [5.41, 5.74) is 5.07. The minimum Gasteiger partial charge on any atom is -0.476 e. The largest absolute Gasteiger partial charge is 0.476 e. The predicted molar refractivity (Wildman–Crippen MR) is 208 cm³/mol. The van der Waals surface area contributed by atoms with E-state index in [9.17, 15) is 9.90 Å². The van der Waals surface area contributed by atoms with E-state index < -0.39 is 11.5 Å². The number of tetrazole rings is 1. The molecule has 0 aliphatic rings. The van der Waals surface area contributed by atoms with E-state index in [1.54, 1.807) is 9.36 Å². The number of halogens is 2. The van der Waals surface area contributed by atoms with Crippen molar-refractivity contribution in [3.05, 3.63) is 177 Å². The van der Waals surface area contributed by atoms with Crippen molar-refractivity contribution in [1.82, 2.24) is 29.8 Å². The standard InChI is InChI=1S/C42H32BrClN6O3/c1-2-14-35-45-39(44)37(41(51)52)49(35)26-27-23-24-34-33(25-27)36(43)38(53-34)31-21-12-13-22-32(31)40-46-48-50(47-40)42(28-15-6-3-7-16-28,29-17-8-4-9-18-29)30-19-10-5-11-20-30/h3-13,15-25H,2,14,26H2,1H3,(H,51,52). The van der Waals surface area contributed by atoms with Crippen LogP contribution in [0.15, 0.2) is 142 Å². The zero-order chi connectivity index (χ0) is 36.5. The lowest BCUT2D eigenvalue weighted by Gasteiger charge is -2.34. The smallest absolute Gasteiger partial charge is 0.355 e. The summed E-state index contributed by atoms with van der Waals surface area (Å²) in [7, 11) is 0. The van der Waals surface area contributed by atoms with E-state index in [2.05, 4.69) is 62.4 Å². The van der Waals surface area contributed by atoms with Crippen LogP contribution in [0.5, 0.6) is 0 Å². The number of imidazole rings is 1. The maximum atomic E-state index is 12.1. The number of hydrogen-bond donors (Lipinski definition) is 1. The summed E-state index contributed by atoms with van der Waals surface area (Å²) >= 11 is 10.1. The van der Waals surface area contributed by atoms with Crippen LogP contribution in [0.2, 0.25) is 5.15 Å². The Kier molecular flexibility index (Phi) is 9.24. The number of hydrogen-bond acceptors (Lipinski definition) is 6. The lowest BCUT2D eigenvalue weighted by molar-refractivity contribution is 0.0685. The van der Waals surface area contributed by atoms with Gasteiger partial charge < -0.3 is 14.1 Å². The van der Waals surface area contributed by atoms with E-state index in [0.29, 0.717) is 29.4 Å². The van der Waals surface area contributed by atoms with Gasteiger partial charge in [0.2, 0.25) is 5.82 Å². The highest BCUT2D eigenvalue weighted by Crippen LogP contribution is 2.43. The van der Waals surface area contributed by atoms with Crippen LogP contribution < -0.4 is 0 Å². The zero-order valence-electron chi connectivity index (χ0n) is 28.5. The van der Waals surface area contributed by atoms with E-state index in [1.807, 2.05) is 104 Å². The average Bonchev–Trinajstić information content (AvgIpc) is 3.89. The maximum absolute atomic E-state index is 12.1. The minimum absolute atomic E-state index is 0.00972. The summed E-state index contributed by atoms with van der Waals surface area (Å²) in [6.07, 6.45) is 1.41. The van der Waals surface area contributed by atoms with Crippen LogP contribution in [-0.4, -0.2) is 40.8 Å². The van der Waals surface area contributed by atoms with Crippen molar-refractivity contribution in [2.75, 3.05) is 0 Å². The Morgan fingerprint density at radius 1 is 0.830 bits per heavy atom. The molecule has 0 saturated carbocycles. The summed E-state index contributed by atoms with van der Waals surface area (Å²) in [4.78, 5) is 18.2. The van der Waals surface area contributed by atoms with Crippen LogP contribution in [-0.2, 0) is 18.5 Å². The first kappa shape index (κ1) is 34.3. The SMILES string of the molecule is CCCc1nc(Cl)c(C(=O)O)n1Cc1ccc2oc(-c3ccccc3-c3nnn(C(c4ccccc4)(c4ccccc4)c4ccccc4)n3)c(Br)c2c1. The highest BCUT2D eigenvalue weighted by atomic mass is 79.9. The second kappa shape index (κ2) is 14.3. The van der Waals surface area contributed by atoms with Crippen LogP contribution in [0.4, 0.5) is 0 Å². The fourth-order valence-electron chi connectivity index (χ4n) is 7.05. The van der Waals surface area contributed by atoms with Gasteiger partial charge in [-0.2, -0.15) is 0 Å². The molecule has 8 rings (SSSR count). The summed E-state index contributed by atoms with van der Waals surface area (Å²) in [5, 5.41) is 25.3. The molecule has 5 aromatic carbocycles. The van der Waals surface area contributed by atoms with Crippen molar-refractivity contribution in [2.45, 2.75) is 31.8 Å². The zero-order valence-corrected chi connectivity index (χ0v) is 30.9. The van der Waals surface area contributed by atoms with Gasteiger partial charge in [0.05, 0.1) is 4.47 Å². The normalized spacial score (nSPS) is 11.7.